The van der Waals surface area contributed by atoms with Gasteiger partial charge in [-0.15, -0.1) is 0 Å². The van der Waals surface area contributed by atoms with E-state index in [4.69, 9.17) is 10.5 Å². The van der Waals surface area contributed by atoms with Crippen LogP contribution in [0.3, 0.4) is 0 Å². The third-order valence-electron chi connectivity index (χ3n) is 2.39. The lowest BCUT2D eigenvalue weighted by molar-refractivity contribution is -0.0245. The summed E-state index contributed by atoms with van der Waals surface area (Å²) in [4.78, 5) is 0. The van der Waals surface area contributed by atoms with Gasteiger partial charge >= 0.3 is 0 Å². The van der Waals surface area contributed by atoms with Gasteiger partial charge in [0.2, 0.25) is 0 Å². The number of fused-ring (bicyclic) bond motifs is 1. The summed E-state index contributed by atoms with van der Waals surface area (Å²) >= 11 is 0. The molecule has 0 bridgehead atoms. The fourth-order valence-electron chi connectivity index (χ4n) is 1.89. The van der Waals surface area contributed by atoms with E-state index in [0.717, 1.165) is 0 Å². The maximum Gasteiger partial charge on any atom is 0.0964 e. The standard InChI is InChI=1S/C11H15NO/c1-11(2)6-8-4-3-5-9(8)10(7-12)13-11/h3-6,10H,7,12H2,1-2H3. The van der Waals surface area contributed by atoms with E-state index in [0.29, 0.717) is 6.54 Å². The maximum atomic E-state index is 5.83. The summed E-state index contributed by atoms with van der Waals surface area (Å²) in [7, 11) is 0. The first kappa shape index (κ1) is 8.73. The van der Waals surface area contributed by atoms with Crippen LogP contribution in [-0.2, 0) is 4.74 Å². The van der Waals surface area contributed by atoms with Crippen LogP contribution >= 0.6 is 0 Å². The van der Waals surface area contributed by atoms with Gasteiger partial charge in [-0.3, -0.25) is 0 Å². The van der Waals surface area contributed by atoms with Gasteiger partial charge in [-0.2, -0.15) is 0 Å². The molecule has 13 heavy (non-hydrogen) atoms. The normalized spacial score (nSPS) is 29.6. The van der Waals surface area contributed by atoms with E-state index in [-0.39, 0.29) is 11.7 Å². The second-order valence-corrected chi connectivity index (χ2v) is 4.03. The Hall–Kier alpha value is -0.860. The average Bonchev–Trinajstić information content (AvgIpc) is 2.48. The molecule has 0 aromatic heterocycles. The van der Waals surface area contributed by atoms with Gasteiger partial charge in [0.1, 0.15) is 0 Å². The zero-order valence-electron chi connectivity index (χ0n) is 8.08. The highest BCUT2D eigenvalue weighted by molar-refractivity contribution is 5.52. The molecule has 1 aliphatic carbocycles. The first-order valence-electron chi connectivity index (χ1n) is 4.62. The number of rotatable bonds is 1. The summed E-state index contributed by atoms with van der Waals surface area (Å²) in [5, 5.41) is 0. The predicted octanol–water partition coefficient (Wildman–Crippen LogP) is 1.55. The third-order valence-corrected chi connectivity index (χ3v) is 2.39. The van der Waals surface area contributed by atoms with Crippen LogP contribution < -0.4 is 5.73 Å². The van der Waals surface area contributed by atoms with Crippen LogP contribution in [-0.4, -0.2) is 18.2 Å². The van der Waals surface area contributed by atoms with Crippen molar-refractivity contribution in [3.05, 3.63) is 35.5 Å². The molecule has 70 valence electrons. The molecule has 2 nitrogen and oxygen atoms in total. The van der Waals surface area contributed by atoms with Crippen LogP contribution in [0.2, 0.25) is 0 Å². The van der Waals surface area contributed by atoms with Crippen molar-refractivity contribution in [1.82, 2.24) is 0 Å². The van der Waals surface area contributed by atoms with E-state index in [2.05, 4.69) is 38.2 Å². The minimum atomic E-state index is -0.189. The van der Waals surface area contributed by atoms with E-state index in [9.17, 15) is 0 Å². The molecule has 0 spiro atoms. The van der Waals surface area contributed by atoms with Crippen molar-refractivity contribution in [2.45, 2.75) is 25.6 Å². The summed E-state index contributed by atoms with van der Waals surface area (Å²) < 4.78 is 5.83. The Bertz CT molecular complexity index is 310. The molecule has 0 amide bonds. The number of ether oxygens (including phenoxy) is 1. The Morgan fingerprint density at radius 2 is 2.31 bits per heavy atom. The molecule has 0 saturated heterocycles. The first-order chi connectivity index (χ1) is 6.12. The molecule has 2 aliphatic rings. The van der Waals surface area contributed by atoms with Crippen LogP contribution in [0.25, 0.3) is 0 Å². The molecule has 0 aromatic carbocycles. The molecule has 0 saturated carbocycles. The molecule has 1 heterocycles. The van der Waals surface area contributed by atoms with Gasteiger partial charge in [0.15, 0.2) is 0 Å². The van der Waals surface area contributed by atoms with E-state index in [1.807, 2.05) is 0 Å². The molecular weight excluding hydrogens is 162 g/mol. The van der Waals surface area contributed by atoms with Crippen molar-refractivity contribution in [2.24, 2.45) is 5.73 Å². The highest BCUT2D eigenvalue weighted by Crippen LogP contribution is 2.33. The monoisotopic (exact) mass is 177 g/mol. The minimum Gasteiger partial charge on any atom is -0.362 e. The second kappa shape index (κ2) is 2.82. The molecule has 2 heteroatoms. The topological polar surface area (TPSA) is 35.2 Å². The molecule has 0 radical (unpaired) electrons. The zero-order chi connectivity index (χ0) is 9.47. The Balaban J connectivity index is 2.38. The summed E-state index contributed by atoms with van der Waals surface area (Å²) in [5.41, 5.74) is 7.96. The lowest BCUT2D eigenvalue weighted by Gasteiger charge is -2.34. The third kappa shape index (κ3) is 1.47. The van der Waals surface area contributed by atoms with Crippen molar-refractivity contribution >= 4 is 0 Å². The van der Waals surface area contributed by atoms with Crippen LogP contribution in [0, 0.1) is 0 Å². The molecular formula is C11H15NO. The van der Waals surface area contributed by atoms with Crippen LogP contribution in [0.1, 0.15) is 13.8 Å². The quantitative estimate of drug-likeness (QED) is 0.659. The van der Waals surface area contributed by atoms with Crippen LogP contribution in [0.5, 0.6) is 0 Å². The van der Waals surface area contributed by atoms with Crippen molar-refractivity contribution in [2.75, 3.05) is 6.54 Å². The smallest absolute Gasteiger partial charge is 0.0964 e. The minimum absolute atomic E-state index is 0.0602. The summed E-state index contributed by atoms with van der Waals surface area (Å²) in [6.07, 6.45) is 8.45. The Morgan fingerprint density at radius 3 is 3.00 bits per heavy atom. The van der Waals surface area contributed by atoms with Crippen molar-refractivity contribution in [3.63, 3.8) is 0 Å². The van der Waals surface area contributed by atoms with E-state index in [1.165, 1.54) is 11.1 Å². The van der Waals surface area contributed by atoms with Crippen molar-refractivity contribution in [3.8, 4) is 0 Å². The van der Waals surface area contributed by atoms with Crippen molar-refractivity contribution in [1.29, 1.82) is 0 Å². The largest absolute Gasteiger partial charge is 0.362 e. The molecule has 2 N–H and O–H groups in total. The zero-order valence-corrected chi connectivity index (χ0v) is 8.08. The number of hydrogen-bond donors (Lipinski definition) is 1. The van der Waals surface area contributed by atoms with Gasteiger partial charge in [-0.25, -0.2) is 0 Å². The van der Waals surface area contributed by atoms with Gasteiger partial charge < -0.3 is 10.5 Å². The fourth-order valence-corrected chi connectivity index (χ4v) is 1.89. The second-order valence-electron chi connectivity index (χ2n) is 4.03. The van der Waals surface area contributed by atoms with Gasteiger partial charge in [0.05, 0.1) is 11.7 Å². The highest BCUT2D eigenvalue weighted by Gasteiger charge is 2.31. The summed E-state index contributed by atoms with van der Waals surface area (Å²) in [6, 6.07) is 0. The Morgan fingerprint density at radius 1 is 1.54 bits per heavy atom. The lowest BCUT2D eigenvalue weighted by Crippen LogP contribution is -2.38. The van der Waals surface area contributed by atoms with E-state index < -0.39 is 0 Å². The predicted molar refractivity (Wildman–Crippen MR) is 53.3 cm³/mol. The Kier molecular flexibility index (Phi) is 1.90. The van der Waals surface area contributed by atoms with Crippen LogP contribution in [0.4, 0.5) is 0 Å². The first-order valence-corrected chi connectivity index (χ1v) is 4.62. The summed E-state index contributed by atoms with van der Waals surface area (Å²) in [6.45, 7) is 4.67. The van der Waals surface area contributed by atoms with Crippen LogP contribution in [0.15, 0.2) is 35.5 Å². The van der Waals surface area contributed by atoms with E-state index in [1.54, 1.807) is 0 Å². The molecule has 1 aliphatic heterocycles. The number of hydrogen-bond acceptors (Lipinski definition) is 2. The number of nitrogens with two attached hydrogens (primary N) is 1. The molecule has 1 unspecified atom stereocenters. The van der Waals surface area contributed by atoms with Gasteiger partial charge in [-0.05, 0) is 31.1 Å². The Labute approximate surface area is 78.8 Å². The highest BCUT2D eigenvalue weighted by atomic mass is 16.5. The molecule has 0 fully saturated rings. The SMILES string of the molecule is CC1(C)C=C2C=CC=C2C(CN)O1. The average molecular weight is 177 g/mol. The van der Waals surface area contributed by atoms with Gasteiger partial charge in [0.25, 0.3) is 0 Å². The molecule has 0 aromatic rings. The van der Waals surface area contributed by atoms with Gasteiger partial charge in [-0.1, -0.05) is 18.2 Å². The molecule has 2 rings (SSSR count). The summed E-state index contributed by atoms with van der Waals surface area (Å²) in [5.74, 6) is 0. The lowest BCUT2D eigenvalue weighted by atomic mass is 9.93. The van der Waals surface area contributed by atoms with Gasteiger partial charge in [0, 0.05) is 6.54 Å². The van der Waals surface area contributed by atoms with Crippen molar-refractivity contribution < 1.29 is 4.74 Å². The maximum absolute atomic E-state index is 5.83. The molecule has 1 atom stereocenters. The fraction of sp³-hybridized carbons (Fsp3) is 0.455. The van der Waals surface area contributed by atoms with E-state index >= 15 is 0 Å². The number of allylic oxidation sites excluding steroid dienone is 3.